The van der Waals surface area contributed by atoms with E-state index in [9.17, 15) is 4.79 Å². The molecule has 0 aliphatic rings. The summed E-state index contributed by atoms with van der Waals surface area (Å²) in [6, 6.07) is 18.3. The Hall–Kier alpha value is -3.18. The molecule has 0 amide bonds. The number of halogens is 1. The predicted molar refractivity (Wildman–Crippen MR) is 105 cm³/mol. The van der Waals surface area contributed by atoms with Gasteiger partial charge in [0.05, 0.1) is 18.4 Å². The quantitative estimate of drug-likeness (QED) is 0.522. The average Bonchev–Trinajstić information content (AvgIpc) is 3.10. The van der Waals surface area contributed by atoms with Crippen LogP contribution in [0.3, 0.4) is 0 Å². The summed E-state index contributed by atoms with van der Waals surface area (Å²) in [5.74, 6) is 1.31. The van der Waals surface area contributed by atoms with Gasteiger partial charge >= 0.3 is 0 Å². The van der Waals surface area contributed by atoms with Gasteiger partial charge in [-0.1, -0.05) is 35.9 Å². The first kappa shape index (κ1) is 17.2. The van der Waals surface area contributed by atoms with Gasteiger partial charge in [0.25, 0.3) is 5.56 Å². The minimum Gasteiger partial charge on any atom is -0.441 e. The Balaban J connectivity index is 1.67. The van der Waals surface area contributed by atoms with Crippen LogP contribution < -0.4 is 5.56 Å². The Labute approximate surface area is 160 Å². The number of hydrogen-bond acceptors (Lipinski definition) is 4. The molecule has 0 aliphatic heterocycles. The summed E-state index contributed by atoms with van der Waals surface area (Å²) in [6.45, 7) is 2.20. The molecule has 27 heavy (non-hydrogen) atoms. The smallest absolute Gasteiger partial charge is 0.267 e. The summed E-state index contributed by atoms with van der Waals surface area (Å²) < 4.78 is 7.02. The lowest BCUT2D eigenvalue weighted by molar-refractivity contribution is 0.542. The molecule has 2 aromatic carbocycles. The molecule has 0 atom stereocenters. The summed E-state index contributed by atoms with van der Waals surface area (Å²) in [5, 5.41) is 5.12. The van der Waals surface area contributed by atoms with Crippen molar-refractivity contribution in [3.8, 4) is 22.7 Å². The minimum atomic E-state index is -0.168. The summed E-state index contributed by atoms with van der Waals surface area (Å²) in [5.41, 5.74) is 3.18. The van der Waals surface area contributed by atoms with Crippen molar-refractivity contribution in [2.24, 2.45) is 0 Å². The molecule has 134 valence electrons. The van der Waals surface area contributed by atoms with Gasteiger partial charge in [0, 0.05) is 22.2 Å². The zero-order valence-corrected chi connectivity index (χ0v) is 15.3. The largest absolute Gasteiger partial charge is 0.441 e. The van der Waals surface area contributed by atoms with Crippen molar-refractivity contribution in [3.05, 3.63) is 93.6 Å². The fourth-order valence-corrected chi connectivity index (χ4v) is 3.02. The molecule has 2 aromatic heterocycles. The Bertz CT molecular complexity index is 1160. The fourth-order valence-electron chi connectivity index (χ4n) is 2.83. The first-order chi connectivity index (χ1) is 13.1. The minimum absolute atomic E-state index is 0.168. The van der Waals surface area contributed by atoms with E-state index in [1.54, 1.807) is 18.3 Å². The van der Waals surface area contributed by atoms with Gasteiger partial charge in [0.15, 0.2) is 0 Å². The van der Waals surface area contributed by atoms with Crippen LogP contribution in [0.25, 0.3) is 22.7 Å². The van der Waals surface area contributed by atoms with E-state index < -0.39 is 0 Å². The topological polar surface area (TPSA) is 60.9 Å². The van der Waals surface area contributed by atoms with Gasteiger partial charge in [-0.2, -0.15) is 5.10 Å². The van der Waals surface area contributed by atoms with Crippen LogP contribution in [0, 0.1) is 6.92 Å². The number of rotatable bonds is 4. The van der Waals surface area contributed by atoms with Crippen LogP contribution in [0.2, 0.25) is 5.02 Å². The van der Waals surface area contributed by atoms with Crippen LogP contribution in [0.1, 0.15) is 11.3 Å². The zero-order valence-electron chi connectivity index (χ0n) is 14.6. The molecule has 0 unspecified atom stereocenters. The van der Waals surface area contributed by atoms with Crippen molar-refractivity contribution in [2.45, 2.75) is 13.5 Å². The molecule has 2 heterocycles. The molecule has 4 aromatic rings. The van der Waals surface area contributed by atoms with Crippen molar-refractivity contribution in [3.63, 3.8) is 0 Å². The van der Waals surface area contributed by atoms with E-state index in [-0.39, 0.29) is 5.56 Å². The first-order valence-corrected chi connectivity index (χ1v) is 8.82. The predicted octanol–water partition coefficient (Wildman–Crippen LogP) is 4.58. The van der Waals surface area contributed by atoms with Gasteiger partial charge in [0.2, 0.25) is 5.89 Å². The lowest BCUT2D eigenvalue weighted by Gasteiger charge is -2.08. The average molecular weight is 378 g/mol. The molecule has 0 N–H and O–H groups in total. The highest BCUT2D eigenvalue weighted by Gasteiger charge is 2.08. The maximum absolute atomic E-state index is 12.3. The monoisotopic (exact) mass is 377 g/mol. The molecule has 0 saturated carbocycles. The van der Waals surface area contributed by atoms with Crippen molar-refractivity contribution in [2.75, 3.05) is 0 Å². The third-order valence-electron chi connectivity index (χ3n) is 4.11. The normalized spacial score (nSPS) is 10.9. The Kier molecular flexibility index (Phi) is 4.60. The molecular weight excluding hydrogens is 362 g/mol. The third kappa shape index (κ3) is 3.83. The maximum atomic E-state index is 12.3. The molecule has 0 fully saturated rings. The van der Waals surface area contributed by atoms with Crippen LogP contribution in [0.15, 0.2) is 76.1 Å². The highest BCUT2D eigenvalue weighted by Crippen LogP contribution is 2.21. The third-order valence-corrected chi connectivity index (χ3v) is 4.35. The number of hydrogen-bond donors (Lipinski definition) is 0. The summed E-state index contributed by atoms with van der Waals surface area (Å²) in [7, 11) is 0. The molecular formula is C21H16ClN3O2. The number of aryl methyl sites for hydroxylation is 1. The fraction of sp³-hybridized carbons (Fsp3) is 0.0952. The van der Waals surface area contributed by atoms with Crippen molar-refractivity contribution >= 4 is 11.6 Å². The second-order valence-electron chi connectivity index (χ2n) is 6.20. The van der Waals surface area contributed by atoms with Crippen LogP contribution in [-0.4, -0.2) is 14.8 Å². The first-order valence-electron chi connectivity index (χ1n) is 8.44. The van der Waals surface area contributed by atoms with Crippen molar-refractivity contribution < 1.29 is 4.42 Å². The zero-order chi connectivity index (χ0) is 18.8. The molecule has 5 nitrogen and oxygen atoms in total. The van der Waals surface area contributed by atoms with E-state index >= 15 is 0 Å². The highest BCUT2D eigenvalue weighted by molar-refractivity contribution is 6.30. The summed E-state index contributed by atoms with van der Waals surface area (Å²) in [6.07, 6.45) is 1.68. The number of benzene rings is 2. The van der Waals surface area contributed by atoms with Gasteiger partial charge in [-0.15, -0.1) is 0 Å². The van der Waals surface area contributed by atoms with Crippen LogP contribution in [0.4, 0.5) is 0 Å². The van der Waals surface area contributed by atoms with E-state index in [4.69, 9.17) is 16.0 Å². The maximum Gasteiger partial charge on any atom is 0.267 e. The second kappa shape index (κ2) is 7.21. The van der Waals surface area contributed by atoms with Gasteiger partial charge < -0.3 is 4.42 Å². The standard InChI is InChI=1S/C21H16ClN3O2/c1-14-12-23-21(27-14)17-6-2-4-15(10-17)13-25-20(26)9-8-19(24-25)16-5-3-7-18(22)11-16/h2-12H,13H2,1H3. The van der Waals surface area contributed by atoms with Gasteiger partial charge in [-0.05, 0) is 42.8 Å². The van der Waals surface area contributed by atoms with Gasteiger partial charge in [-0.25, -0.2) is 9.67 Å². The highest BCUT2D eigenvalue weighted by atomic mass is 35.5. The Morgan fingerprint density at radius 2 is 1.85 bits per heavy atom. The van der Waals surface area contributed by atoms with E-state index in [1.165, 1.54) is 10.7 Å². The van der Waals surface area contributed by atoms with Crippen molar-refractivity contribution in [1.82, 2.24) is 14.8 Å². The molecule has 0 radical (unpaired) electrons. The van der Waals surface area contributed by atoms with E-state index in [0.29, 0.717) is 23.2 Å². The van der Waals surface area contributed by atoms with Crippen molar-refractivity contribution in [1.29, 1.82) is 0 Å². The molecule has 6 heteroatoms. The summed E-state index contributed by atoms with van der Waals surface area (Å²) >= 11 is 6.06. The Morgan fingerprint density at radius 3 is 2.63 bits per heavy atom. The molecule has 4 rings (SSSR count). The van der Waals surface area contributed by atoms with Gasteiger partial charge in [0.1, 0.15) is 5.76 Å². The van der Waals surface area contributed by atoms with E-state index in [1.807, 2.05) is 49.4 Å². The second-order valence-corrected chi connectivity index (χ2v) is 6.64. The molecule has 0 saturated heterocycles. The van der Waals surface area contributed by atoms with E-state index in [2.05, 4.69) is 10.1 Å². The number of oxazole rings is 1. The lowest BCUT2D eigenvalue weighted by atomic mass is 10.1. The molecule has 0 spiro atoms. The lowest BCUT2D eigenvalue weighted by Crippen LogP contribution is -2.22. The summed E-state index contributed by atoms with van der Waals surface area (Å²) in [4.78, 5) is 16.5. The van der Waals surface area contributed by atoms with Crippen LogP contribution in [0.5, 0.6) is 0 Å². The van der Waals surface area contributed by atoms with Crippen LogP contribution in [-0.2, 0) is 6.54 Å². The number of aromatic nitrogens is 3. The molecule has 0 bridgehead atoms. The van der Waals surface area contributed by atoms with Crippen LogP contribution >= 0.6 is 11.6 Å². The molecule has 0 aliphatic carbocycles. The van der Waals surface area contributed by atoms with E-state index in [0.717, 1.165) is 22.5 Å². The number of nitrogens with zero attached hydrogens (tertiary/aromatic N) is 3. The SMILES string of the molecule is Cc1cnc(-c2cccc(Cn3nc(-c4cccc(Cl)c4)ccc3=O)c2)o1. The Morgan fingerprint density at radius 1 is 1.04 bits per heavy atom. The van der Waals surface area contributed by atoms with Gasteiger partial charge in [-0.3, -0.25) is 4.79 Å².